The van der Waals surface area contributed by atoms with Crippen LogP contribution in [0.4, 0.5) is 0 Å². The Morgan fingerprint density at radius 3 is 3.00 bits per heavy atom. The zero-order valence-corrected chi connectivity index (χ0v) is 4.63. The fraction of sp³-hybridized carbons (Fsp3) is 0.500. The smallest absolute Gasteiger partial charge is 0.326 e. The van der Waals surface area contributed by atoms with E-state index in [0.29, 0.717) is 0 Å². The molecule has 4 nitrogen and oxygen atoms in total. The number of nitrogens with zero attached hydrogens (tertiary/aromatic N) is 1. The van der Waals surface area contributed by atoms with Crippen molar-refractivity contribution in [1.29, 1.82) is 0 Å². The Balaban J connectivity index is 3.16. The highest BCUT2D eigenvalue weighted by atomic mass is 16.7. The summed E-state index contributed by atoms with van der Waals surface area (Å²) in [4.78, 5) is 14.1. The summed E-state index contributed by atoms with van der Waals surface area (Å²) in [7, 11) is 0. The highest BCUT2D eigenvalue weighted by Gasteiger charge is 1.83. The number of carbonyl (C=O) groups excluding carboxylic acids is 1. The fourth-order valence-corrected chi connectivity index (χ4v) is 0.155. The van der Waals surface area contributed by atoms with Gasteiger partial charge in [0.1, 0.15) is 0 Å². The third-order valence-corrected chi connectivity index (χ3v) is 0.361. The molecular weight excluding hydrogens is 108 g/mol. The molecule has 0 aliphatic carbocycles. The third-order valence-electron chi connectivity index (χ3n) is 0.361. The molecule has 4 heteroatoms. The monoisotopic (exact) mass is 116 g/mol. The van der Waals surface area contributed by atoms with E-state index in [1.807, 2.05) is 0 Å². The van der Waals surface area contributed by atoms with Gasteiger partial charge in [0.05, 0.1) is 6.21 Å². The van der Waals surface area contributed by atoms with Crippen molar-refractivity contribution in [2.75, 3.05) is 6.54 Å². The fourth-order valence-electron chi connectivity index (χ4n) is 0.155. The van der Waals surface area contributed by atoms with Crippen LogP contribution in [-0.2, 0) is 9.63 Å². The lowest BCUT2D eigenvalue weighted by Crippen LogP contribution is -2.00. The van der Waals surface area contributed by atoms with Crippen LogP contribution in [0, 0.1) is 0 Å². The summed E-state index contributed by atoms with van der Waals surface area (Å²) >= 11 is 0. The van der Waals surface area contributed by atoms with Crippen LogP contribution in [-0.4, -0.2) is 18.7 Å². The first-order valence-corrected chi connectivity index (χ1v) is 2.17. The number of carbonyl (C=O) groups is 1. The maximum absolute atomic E-state index is 9.94. The first kappa shape index (κ1) is 7.10. The quantitative estimate of drug-likeness (QED) is 0.300. The normalized spacial score (nSPS) is 9.75. The average molecular weight is 116 g/mol. The summed E-state index contributed by atoms with van der Waals surface area (Å²) in [5.41, 5.74) is 4.97. The lowest BCUT2D eigenvalue weighted by molar-refractivity contribution is -0.140. The molecule has 0 heterocycles. The molecule has 0 aromatic heterocycles. The number of hydrogen-bond donors (Lipinski definition) is 1. The minimum absolute atomic E-state index is 0.285. The Kier molecular flexibility index (Phi) is 3.78. The first-order chi connectivity index (χ1) is 3.77. The van der Waals surface area contributed by atoms with Gasteiger partial charge in [-0.3, -0.25) is 0 Å². The third kappa shape index (κ3) is 5.10. The predicted molar refractivity (Wildman–Crippen MR) is 29.3 cm³/mol. The Hall–Kier alpha value is -0.900. The number of nitrogens with two attached hydrogens (primary N) is 1. The van der Waals surface area contributed by atoms with E-state index in [1.165, 1.54) is 13.1 Å². The summed E-state index contributed by atoms with van der Waals surface area (Å²) in [6.07, 6.45) is 1.31. The van der Waals surface area contributed by atoms with Crippen LogP contribution in [0.3, 0.4) is 0 Å². The van der Waals surface area contributed by atoms with Gasteiger partial charge in [-0.25, -0.2) is 4.79 Å². The second-order valence-corrected chi connectivity index (χ2v) is 1.11. The summed E-state index contributed by atoms with van der Waals surface area (Å²) in [6, 6.07) is 0. The molecule has 0 unspecified atom stereocenters. The van der Waals surface area contributed by atoms with Crippen LogP contribution >= 0.6 is 0 Å². The average Bonchev–Trinajstić information content (AvgIpc) is 1.66. The minimum atomic E-state index is -0.435. The topological polar surface area (TPSA) is 64.7 Å². The van der Waals surface area contributed by atoms with E-state index in [4.69, 9.17) is 5.73 Å². The van der Waals surface area contributed by atoms with Crippen molar-refractivity contribution >= 4 is 12.2 Å². The molecule has 0 fully saturated rings. The number of hydrogen-bond acceptors (Lipinski definition) is 4. The molecule has 0 aliphatic heterocycles. The van der Waals surface area contributed by atoms with Crippen molar-refractivity contribution in [2.24, 2.45) is 10.9 Å². The van der Waals surface area contributed by atoms with Gasteiger partial charge in [0, 0.05) is 13.5 Å². The summed E-state index contributed by atoms with van der Waals surface area (Å²) in [5, 5.41) is 3.19. The van der Waals surface area contributed by atoms with Gasteiger partial charge >= 0.3 is 5.97 Å². The molecule has 0 rings (SSSR count). The molecule has 0 saturated heterocycles. The van der Waals surface area contributed by atoms with Crippen molar-refractivity contribution in [3.05, 3.63) is 0 Å². The van der Waals surface area contributed by atoms with Gasteiger partial charge in [-0.15, -0.1) is 0 Å². The maximum atomic E-state index is 9.94. The standard InChI is InChI=1S/C4H8N2O2/c1-4(7)8-6-3-2-5/h3H,2,5H2,1H3/b6-3-. The highest BCUT2D eigenvalue weighted by Crippen LogP contribution is 1.72. The van der Waals surface area contributed by atoms with Gasteiger partial charge in [-0.05, 0) is 0 Å². The molecule has 2 N–H and O–H groups in total. The van der Waals surface area contributed by atoms with Gasteiger partial charge < -0.3 is 10.6 Å². The SMILES string of the molecule is CC(=O)O/N=C\CN. The first-order valence-electron chi connectivity index (χ1n) is 2.17. The lowest BCUT2D eigenvalue weighted by atomic mass is 10.8. The largest absolute Gasteiger partial charge is 0.331 e. The molecule has 0 aromatic carbocycles. The van der Waals surface area contributed by atoms with Crippen molar-refractivity contribution in [3.63, 3.8) is 0 Å². The van der Waals surface area contributed by atoms with Crippen LogP contribution in [0.1, 0.15) is 6.92 Å². The Bertz CT molecular complexity index is 100. The van der Waals surface area contributed by atoms with E-state index in [2.05, 4.69) is 9.99 Å². The van der Waals surface area contributed by atoms with Gasteiger partial charge in [-0.1, -0.05) is 5.16 Å². The molecule has 0 aliphatic rings. The summed E-state index contributed by atoms with van der Waals surface area (Å²) < 4.78 is 0. The van der Waals surface area contributed by atoms with E-state index < -0.39 is 5.97 Å². The van der Waals surface area contributed by atoms with E-state index >= 15 is 0 Å². The Morgan fingerprint density at radius 2 is 2.62 bits per heavy atom. The molecule has 0 saturated carbocycles. The van der Waals surface area contributed by atoms with Crippen LogP contribution in [0.25, 0.3) is 0 Å². The van der Waals surface area contributed by atoms with Crippen molar-refractivity contribution in [1.82, 2.24) is 0 Å². The lowest BCUT2D eigenvalue weighted by Gasteiger charge is -1.84. The van der Waals surface area contributed by atoms with Crippen LogP contribution in [0.5, 0.6) is 0 Å². The van der Waals surface area contributed by atoms with Gasteiger partial charge in [0.25, 0.3) is 0 Å². The van der Waals surface area contributed by atoms with Crippen molar-refractivity contribution < 1.29 is 9.63 Å². The Morgan fingerprint density at radius 1 is 2.00 bits per heavy atom. The number of oxime groups is 1. The molecule has 0 aromatic rings. The molecule has 0 bridgehead atoms. The van der Waals surface area contributed by atoms with Crippen LogP contribution < -0.4 is 5.73 Å². The van der Waals surface area contributed by atoms with Crippen LogP contribution in [0.2, 0.25) is 0 Å². The predicted octanol–water partition coefficient (Wildman–Crippen LogP) is -0.506. The summed E-state index contributed by atoms with van der Waals surface area (Å²) in [5.74, 6) is -0.435. The molecule has 0 atom stereocenters. The highest BCUT2D eigenvalue weighted by molar-refractivity contribution is 5.67. The van der Waals surface area contributed by atoms with Crippen molar-refractivity contribution in [2.45, 2.75) is 6.92 Å². The minimum Gasteiger partial charge on any atom is -0.326 e. The summed E-state index contributed by atoms with van der Waals surface area (Å²) in [6.45, 7) is 1.56. The molecule has 0 radical (unpaired) electrons. The maximum Gasteiger partial charge on any atom is 0.331 e. The van der Waals surface area contributed by atoms with Crippen molar-refractivity contribution in [3.8, 4) is 0 Å². The van der Waals surface area contributed by atoms with Crippen LogP contribution in [0.15, 0.2) is 5.16 Å². The molecular formula is C4H8N2O2. The van der Waals surface area contributed by atoms with E-state index in [1.54, 1.807) is 0 Å². The second kappa shape index (κ2) is 4.26. The van der Waals surface area contributed by atoms with E-state index in [0.717, 1.165) is 0 Å². The van der Waals surface area contributed by atoms with Gasteiger partial charge in [0.2, 0.25) is 0 Å². The molecule has 0 amide bonds. The Labute approximate surface area is 47.3 Å². The molecule has 8 heavy (non-hydrogen) atoms. The zero-order valence-electron chi connectivity index (χ0n) is 4.63. The second-order valence-electron chi connectivity index (χ2n) is 1.11. The molecule has 46 valence electrons. The van der Waals surface area contributed by atoms with E-state index in [9.17, 15) is 4.79 Å². The van der Waals surface area contributed by atoms with Gasteiger partial charge in [-0.2, -0.15) is 0 Å². The number of rotatable bonds is 2. The zero-order chi connectivity index (χ0) is 6.41. The molecule has 0 spiro atoms. The van der Waals surface area contributed by atoms with E-state index in [-0.39, 0.29) is 6.54 Å². The van der Waals surface area contributed by atoms with Gasteiger partial charge in [0.15, 0.2) is 0 Å².